The molecule has 5 rings (SSSR count). The molecule has 1 aliphatic carbocycles. The quantitative estimate of drug-likeness (QED) is 0.308. The van der Waals surface area contributed by atoms with Gasteiger partial charge in [0.25, 0.3) is 0 Å². The van der Waals surface area contributed by atoms with Crippen LogP contribution in [0.1, 0.15) is 29.5 Å². The number of rotatable bonds is 7. The van der Waals surface area contributed by atoms with Gasteiger partial charge < -0.3 is 14.4 Å². The molecular weight excluding hydrogens is 492 g/mol. The van der Waals surface area contributed by atoms with Crippen LogP contribution >= 0.6 is 0 Å². The summed E-state index contributed by atoms with van der Waals surface area (Å²) >= 11 is 0. The van der Waals surface area contributed by atoms with E-state index in [4.69, 9.17) is 16.0 Å². The van der Waals surface area contributed by atoms with Crippen LogP contribution in [0.5, 0.6) is 11.5 Å². The third-order valence-corrected chi connectivity index (χ3v) is 7.12. The number of hydrogen-bond donors (Lipinski definition) is 0. The first-order valence-electron chi connectivity index (χ1n) is 11.8. The van der Waals surface area contributed by atoms with Crippen LogP contribution < -0.4 is 14.4 Å². The van der Waals surface area contributed by atoms with Crippen molar-refractivity contribution in [1.82, 2.24) is 4.98 Å². The fourth-order valence-electron chi connectivity index (χ4n) is 4.99. The van der Waals surface area contributed by atoms with Crippen molar-refractivity contribution in [3.8, 4) is 22.8 Å². The van der Waals surface area contributed by atoms with E-state index in [1.165, 1.54) is 20.3 Å². The van der Waals surface area contributed by atoms with E-state index in [0.29, 0.717) is 40.9 Å². The Labute approximate surface area is 218 Å². The molecule has 1 aromatic heterocycles. The molecular formula is C29H23F2N3O4. The van der Waals surface area contributed by atoms with Gasteiger partial charge in [-0.15, -0.1) is 0 Å². The monoisotopic (exact) mass is 515 g/mol. The third kappa shape index (κ3) is 3.89. The molecule has 2 aromatic carbocycles. The minimum atomic E-state index is -0.990. The van der Waals surface area contributed by atoms with Crippen molar-refractivity contribution in [2.75, 3.05) is 19.1 Å². The average molecular weight is 516 g/mol. The van der Waals surface area contributed by atoms with Crippen LogP contribution in [0.4, 0.5) is 20.2 Å². The first-order chi connectivity index (χ1) is 18.3. The Morgan fingerprint density at radius 1 is 1.18 bits per heavy atom. The molecule has 7 nitrogen and oxygen atoms in total. The lowest BCUT2D eigenvalue weighted by atomic mass is 9.85. The van der Waals surface area contributed by atoms with Crippen molar-refractivity contribution in [3.05, 3.63) is 88.9 Å². The van der Waals surface area contributed by atoms with Crippen molar-refractivity contribution in [2.24, 2.45) is 0 Å². The molecule has 3 aromatic rings. The number of amides is 1. The molecule has 1 amide bonds. The van der Waals surface area contributed by atoms with E-state index in [9.17, 15) is 9.59 Å². The van der Waals surface area contributed by atoms with Crippen molar-refractivity contribution >= 4 is 23.1 Å². The maximum Gasteiger partial charge on any atom is 0.238 e. The SMILES string of the molecule is [C-]#[N+]c1ccc(CC(=O)C=C)cc1-c1cc2c(cn1)CN(c1c(F)c(OC)cc(OC)c1F)C(=O)C21CC1. The summed E-state index contributed by atoms with van der Waals surface area (Å²) in [4.78, 5) is 34.9. The van der Waals surface area contributed by atoms with Gasteiger partial charge in [-0.1, -0.05) is 24.8 Å². The van der Waals surface area contributed by atoms with Crippen LogP contribution in [-0.4, -0.2) is 30.9 Å². The Morgan fingerprint density at radius 3 is 2.45 bits per heavy atom. The first-order valence-corrected chi connectivity index (χ1v) is 11.8. The second-order valence-corrected chi connectivity index (χ2v) is 9.27. The van der Waals surface area contributed by atoms with Gasteiger partial charge in [-0.3, -0.25) is 14.6 Å². The molecule has 2 aliphatic rings. The first kappa shape index (κ1) is 25.1. The lowest BCUT2D eigenvalue weighted by Crippen LogP contribution is -2.45. The largest absolute Gasteiger partial charge is 0.493 e. The number of benzene rings is 2. The molecule has 0 radical (unpaired) electrons. The highest BCUT2D eigenvalue weighted by molar-refractivity contribution is 6.05. The number of ketones is 1. The zero-order chi connectivity index (χ0) is 27.2. The zero-order valence-corrected chi connectivity index (χ0v) is 20.8. The molecule has 1 spiro atoms. The number of halogens is 2. The predicted octanol–water partition coefficient (Wildman–Crippen LogP) is 5.47. The van der Waals surface area contributed by atoms with E-state index in [1.807, 2.05) is 0 Å². The molecule has 0 saturated heterocycles. The van der Waals surface area contributed by atoms with Crippen LogP contribution in [0, 0.1) is 18.2 Å². The summed E-state index contributed by atoms with van der Waals surface area (Å²) in [5.74, 6) is -3.04. The molecule has 1 aliphatic heterocycles. The molecule has 9 heteroatoms. The van der Waals surface area contributed by atoms with Crippen molar-refractivity contribution in [1.29, 1.82) is 0 Å². The fraction of sp³-hybridized carbons (Fsp3) is 0.241. The van der Waals surface area contributed by atoms with Gasteiger partial charge >= 0.3 is 0 Å². The molecule has 0 atom stereocenters. The number of fused-ring (bicyclic) bond motifs is 2. The number of pyridine rings is 1. The lowest BCUT2D eigenvalue weighted by Gasteiger charge is -2.35. The minimum Gasteiger partial charge on any atom is -0.493 e. The second-order valence-electron chi connectivity index (χ2n) is 9.27. The maximum atomic E-state index is 15.3. The summed E-state index contributed by atoms with van der Waals surface area (Å²) in [6, 6.07) is 7.97. The van der Waals surface area contributed by atoms with Gasteiger partial charge in [-0.05, 0) is 41.7 Å². The average Bonchev–Trinajstić information content (AvgIpc) is 3.73. The molecule has 2 heterocycles. The highest BCUT2D eigenvalue weighted by Crippen LogP contribution is 2.55. The van der Waals surface area contributed by atoms with Crippen LogP contribution in [0.25, 0.3) is 16.1 Å². The summed E-state index contributed by atoms with van der Waals surface area (Å²) in [5, 5.41) is 0. The van der Waals surface area contributed by atoms with Gasteiger partial charge in [-0.25, -0.2) is 13.6 Å². The van der Waals surface area contributed by atoms with Gasteiger partial charge in [0.15, 0.2) is 34.6 Å². The highest BCUT2D eigenvalue weighted by Gasteiger charge is 2.57. The van der Waals surface area contributed by atoms with Crippen molar-refractivity contribution < 1.29 is 27.8 Å². The van der Waals surface area contributed by atoms with Gasteiger partial charge in [0.2, 0.25) is 5.91 Å². The van der Waals surface area contributed by atoms with E-state index in [0.717, 1.165) is 16.5 Å². The zero-order valence-electron chi connectivity index (χ0n) is 20.8. The van der Waals surface area contributed by atoms with E-state index < -0.39 is 28.6 Å². The van der Waals surface area contributed by atoms with Gasteiger partial charge in [0, 0.05) is 24.2 Å². The molecule has 1 fully saturated rings. The van der Waals surface area contributed by atoms with Crippen LogP contribution in [0.3, 0.4) is 0 Å². The Balaban J connectivity index is 1.60. The Hall–Kier alpha value is -4.58. The van der Waals surface area contributed by atoms with E-state index in [1.54, 1.807) is 30.5 Å². The standard InChI is InChI=1S/C29H23F2N3O4/c1-5-18(35)10-16-6-7-21(32-2)19(11-16)22-12-20-17(14-33-22)15-34(28(36)29(20)8-9-29)27-25(30)23(37-3)13-24(38-4)26(27)31/h5-7,11-14H,1,8-10,15H2,3-4H3. The summed E-state index contributed by atoms with van der Waals surface area (Å²) in [6.07, 6.45) is 3.97. The molecule has 0 N–H and O–H groups in total. The van der Waals surface area contributed by atoms with Crippen LogP contribution in [0.2, 0.25) is 0 Å². The number of anilines is 1. The summed E-state index contributed by atoms with van der Waals surface area (Å²) < 4.78 is 40.7. The summed E-state index contributed by atoms with van der Waals surface area (Å²) in [7, 11) is 2.50. The predicted molar refractivity (Wildman–Crippen MR) is 136 cm³/mol. The highest BCUT2D eigenvalue weighted by atomic mass is 19.1. The van der Waals surface area contributed by atoms with Crippen LogP contribution in [0.15, 0.2) is 49.2 Å². The minimum absolute atomic E-state index is 0.100. The van der Waals surface area contributed by atoms with Crippen LogP contribution in [-0.2, 0) is 28.0 Å². The molecule has 0 unspecified atom stereocenters. The molecule has 38 heavy (non-hydrogen) atoms. The van der Waals surface area contributed by atoms with Gasteiger partial charge in [0.1, 0.15) is 5.69 Å². The van der Waals surface area contributed by atoms with E-state index >= 15 is 8.78 Å². The van der Waals surface area contributed by atoms with Crippen molar-refractivity contribution in [3.63, 3.8) is 0 Å². The third-order valence-electron chi connectivity index (χ3n) is 7.12. The normalized spacial score (nSPS) is 15.0. The number of aromatic nitrogens is 1. The topological polar surface area (TPSA) is 73.1 Å². The molecule has 1 saturated carbocycles. The van der Waals surface area contributed by atoms with Gasteiger partial charge in [-0.2, -0.15) is 0 Å². The lowest BCUT2D eigenvalue weighted by molar-refractivity contribution is -0.121. The number of allylic oxidation sites excluding steroid dienone is 1. The number of carbonyl (C=O) groups excluding carboxylic acids is 2. The second kappa shape index (κ2) is 9.38. The van der Waals surface area contributed by atoms with Gasteiger partial charge in [0.05, 0.1) is 38.4 Å². The number of nitrogens with zero attached hydrogens (tertiary/aromatic N) is 3. The summed E-state index contributed by atoms with van der Waals surface area (Å²) in [5.41, 5.74) is 1.98. The number of ether oxygens (including phenoxy) is 2. The Morgan fingerprint density at radius 2 is 1.87 bits per heavy atom. The Kier molecular flexibility index (Phi) is 6.19. The number of carbonyl (C=O) groups is 2. The Bertz CT molecular complexity index is 1530. The van der Waals surface area contributed by atoms with E-state index in [2.05, 4.69) is 16.4 Å². The molecule has 192 valence electrons. The van der Waals surface area contributed by atoms with E-state index in [-0.39, 0.29) is 30.2 Å². The number of methoxy groups -OCH3 is 2. The summed E-state index contributed by atoms with van der Waals surface area (Å²) in [6.45, 7) is 11.0. The smallest absolute Gasteiger partial charge is 0.238 e. The van der Waals surface area contributed by atoms with Crippen molar-refractivity contribution in [2.45, 2.75) is 31.2 Å². The fourth-order valence-corrected chi connectivity index (χ4v) is 4.99. The molecule has 0 bridgehead atoms. The number of hydrogen-bond acceptors (Lipinski definition) is 5. The maximum absolute atomic E-state index is 15.3.